The van der Waals surface area contributed by atoms with Crippen LogP contribution in [0.2, 0.25) is 5.02 Å². The van der Waals surface area contributed by atoms with Gasteiger partial charge in [0.1, 0.15) is 6.04 Å². The van der Waals surface area contributed by atoms with Crippen LogP contribution in [0, 0.1) is 10.1 Å². The first-order valence-corrected chi connectivity index (χ1v) is 7.16. The lowest BCUT2D eigenvalue weighted by Gasteiger charge is -2.26. The van der Waals surface area contributed by atoms with E-state index in [1.165, 1.54) is 21.9 Å². The minimum atomic E-state index is -0.584. The first-order valence-electron chi connectivity index (χ1n) is 6.79. The lowest BCUT2D eigenvalue weighted by Crippen LogP contribution is -2.45. The second-order valence-electron chi connectivity index (χ2n) is 5.31. The Bertz CT molecular complexity index is 633. The molecule has 1 fully saturated rings. The molecular weight excluding hydrogens is 310 g/mol. The smallest absolute Gasteiger partial charge is 0.270 e. The molecule has 22 heavy (non-hydrogen) atoms. The number of nitro groups is 1. The van der Waals surface area contributed by atoms with Crippen molar-refractivity contribution in [2.45, 2.75) is 18.9 Å². The summed E-state index contributed by atoms with van der Waals surface area (Å²) in [6.45, 7) is 0.433. The van der Waals surface area contributed by atoms with E-state index in [2.05, 4.69) is 0 Å². The third kappa shape index (κ3) is 3.04. The molecule has 0 radical (unpaired) electrons. The van der Waals surface area contributed by atoms with E-state index in [-0.39, 0.29) is 22.2 Å². The number of carbonyl (C=O) groups excluding carboxylic acids is 2. The first kappa shape index (κ1) is 16.2. The molecule has 1 aromatic rings. The van der Waals surface area contributed by atoms with Crippen LogP contribution in [0.15, 0.2) is 18.2 Å². The van der Waals surface area contributed by atoms with Gasteiger partial charge in [0.2, 0.25) is 5.91 Å². The Balaban J connectivity index is 2.33. The number of rotatable bonds is 3. The molecule has 0 aromatic heterocycles. The topological polar surface area (TPSA) is 83.8 Å². The van der Waals surface area contributed by atoms with E-state index in [1.807, 2.05) is 0 Å². The van der Waals surface area contributed by atoms with Crippen LogP contribution in [0.3, 0.4) is 0 Å². The highest BCUT2D eigenvalue weighted by atomic mass is 35.5. The fraction of sp³-hybridized carbons (Fsp3) is 0.429. The van der Waals surface area contributed by atoms with E-state index < -0.39 is 16.9 Å². The van der Waals surface area contributed by atoms with Crippen LogP contribution in [0.5, 0.6) is 0 Å². The summed E-state index contributed by atoms with van der Waals surface area (Å²) in [5, 5.41) is 11.0. The standard InChI is InChI=1S/C14H16ClN3O4/c1-16(2)14(20)12-4-3-7-17(12)13(19)10-8-9(18(21)22)5-6-11(10)15/h5-6,8,12H,3-4,7H2,1-2H3. The molecular formula is C14H16ClN3O4. The van der Waals surface area contributed by atoms with E-state index in [9.17, 15) is 19.7 Å². The fourth-order valence-corrected chi connectivity index (χ4v) is 2.71. The second-order valence-corrected chi connectivity index (χ2v) is 5.72. The van der Waals surface area contributed by atoms with Gasteiger partial charge in [-0.05, 0) is 18.9 Å². The third-order valence-corrected chi connectivity index (χ3v) is 3.96. The SMILES string of the molecule is CN(C)C(=O)C1CCCN1C(=O)c1cc([N+](=O)[O-])ccc1Cl. The number of benzene rings is 1. The van der Waals surface area contributed by atoms with E-state index in [0.29, 0.717) is 19.4 Å². The van der Waals surface area contributed by atoms with Gasteiger partial charge in [0.05, 0.1) is 15.5 Å². The van der Waals surface area contributed by atoms with Crippen molar-refractivity contribution >= 4 is 29.1 Å². The Hall–Kier alpha value is -2.15. The number of hydrogen-bond acceptors (Lipinski definition) is 4. The third-order valence-electron chi connectivity index (χ3n) is 3.63. The van der Waals surface area contributed by atoms with Gasteiger partial charge in [-0.15, -0.1) is 0 Å². The van der Waals surface area contributed by atoms with E-state index in [1.54, 1.807) is 14.1 Å². The van der Waals surface area contributed by atoms with Gasteiger partial charge >= 0.3 is 0 Å². The van der Waals surface area contributed by atoms with Crippen LogP contribution in [-0.4, -0.2) is 53.2 Å². The molecule has 1 atom stereocenters. The number of non-ortho nitro benzene ring substituents is 1. The van der Waals surface area contributed by atoms with Crippen LogP contribution in [0.1, 0.15) is 23.2 Å². The zero-order valence-electron chi connectivity index (χ0n) is 12.3. The summed E-state index contributed by atoms with van der Waals surface area (Å²) in [6, 6.07) is 3.18. The van der Waals surface area contributed by atoms with Gasteiger partial charge < -0.3 is 9.80 Å². The molecule has 2 rings (SSSR count). The molecule has 1 aliphatic rings. The van der Waals surface area contributed by atoms with Crippen molar-refractivity contribution in [3.05, 3.63) is 38.9 Å². The summed E-state index contributed by atoms with van der Waals surface area (Å²) in [5.41, 5.74) is -0.156. The largest absolute Gasteiger partial charge is 0.347 e. The molecule has 1 aromatic carbocycles. The van der Waals surface area contributed by atoms with Gasteiger partial charge in [0.15, 0.2) is 0 Å². The normalized spacial score (nSPS) is 17.4. The van der Waals surface area contributed by atoms with Crippen molar-refractivity contribution in [1.29, 1.82) is 0 Å². The number of likely N-dealkylation sites (N-methyl/N-ethyl adjacent to an activating group) is 1. The molecule has 7 nitrogen and oxygen atoms in total. The maximum Gasteiger partial charge on any atom is 0.270 e. The number of carbonyl (C=O) groups is 2. The van der Waals surface area contributed by atoms with Crippen LogP contribution >= 0.6 is 11.6 Å². The molecule has 0 spiro atoms. The molecule has 0 saturated carbocycles. The fourth-order valence-electron chi connectivity index (χ4n) is 2.51. The highest BCUT2D eigenvalue weighted by molar-refractivity contribution is 6.34. The Morgan fingerprint density at radius 2 is 2.09 bits per heavy atom. The van der Waals surface area contributed by atoms with Crippen molar-refractivity contribution in [2.24, 2.45) is 0 Å². The van der Waals surface area contributed by atoms with E-state index >= 15 is 0 Å². The van der Waals surface area contributed by atoms with Crippen molar-refractivity contribution in [2.75, 3.05) is 20.6 Å². The van der Waals surface area contributed by atoms with E-state index in [4.69, 9.17) is 11.6 Å². The maximum atomic E-state index is 12.6. The average Bonchev–Trinajstić information content (AvgIpc) is 2.95. The second kappa shape index (κ2) is 6.31. The quantitative estimate of drug-likeness (QED) is 0.628. The van der Waals surface area contributed by atoms with Gasteiger partial charge in [-0.1, -0.05) is 11.6 Å². The Morgan fingerprint density at radius 1 is 1.41 bits per heavy atom. The maximum absolute atomic E-state index is 12.6. The summed E-state index contributed by atoms with van der Waals surface area (Å²) in [5.74, 6) is -0.612. The molecule has 2 amide bonds. The summed E-state index contributed by atoms with van der Waals surface area (Å²) in [4.78, 5) is 37.9. The molecule has 1 saturated heterocycles. The molecule has 0 N–H and O–H groups in total. The van der Waals surface area contributed by atoms with Gasteiger partial charge in [-0.3, -0.25) is 19.7 Å². The number of hydrogen-bond donors (Lipinski definition) is 0. The van der Waals surface area contributed by atoms with Gasteiger partial charge in [-0.2, -0.15) is 0 Å². The summed E-state index contributed by atoms with van der Waals surface area (Å²) < 4.78 is 0. The number of nitrogens with zero attached hydrogens (tertiary/aromatic N) is 3. The number of nitro benzene ring substituents is 1. The Kier molecular flexibility index (Phi) is 4.65. The van der Waals surface area contributed by atoms with Crippen molar-refractivity contribution in [1.82, 2.24) is 9.80 Å². The highest BCUT2D eigenvalue weighted by Crippen LogP contribution is 2.27. The lowest BCUT2D eigenvalue weighted by molar-refractivity contribution is -0.384. The Labute approximate surface area is 132 Å². The Morgan fingerprint density at radius 3 is 2.68 bits per heavy atom. The average molecular weight is 326 g/mol. The zero-order valence-corrected chi connectivity index (χ0v) is 13.0. The van der Waals surface area contributed by atoms with Crippen molar-refractivity contribution in [3.8, 4) is 0 Å². The molecule has 0 aliphatic carbocycles. The van der Waals surface area contributed by atoms with Gasteiger partial charge in [-0.25, -0.2) is 0 Å². The monoisotopic (exact) mass is 325 g/mol. The minimum Gasteiger partial charge on any atom is -0.347 e. The number of likely N-dealkylation sites (tertiary alicyclic amines) is 1. The minimum absolute atomic E-state index is 0.0503. The highest BCUT2D eigenvalue weighted by Gasteiger charge is 2.36. The van der Waals surface area contributed by atoms with Gasteiger partial charge in [0.25, 0.3) is 11.6 Å². The van der Waals surface area contributed by atoms with Crippen LogP contribution in [0.4, 0.5) is 5.69 Å². The molecule has 1 aliphatic heterocycles. The molecule has 1 unspecified atom stereocenters. The number of amides is 2. The summed E-state index contributed by atoms with van der Waals surface area (Å²) in [6.07, 6.45) is 1.29. The number of halogens is 1. The van der Waals surface area contributed by atoms with Gasteiger partial charge in [0, 0.05) is 32.8 Å². The molecule has 8 heteroatoms. The lowest BCUT2D eigenvalue weighted by atomic mass is 10.1. The van der Waals surface area contributed by atoms with Crippen molar-refractivity contribution in [3.63, 3.8) is 0 Å². The predicted molar refractivity (Wildman–Crippen MR) is 80.9 cm³/mol. The van der Waals surface area contributed by atoms with E-state index in [0.717, 1.165) is 6.07 Å². The zero-order chi connectivity index (χ0) is 16.4. The van der Waals surface area contributed by atoms with Crippen LogP contribution < -0.4 is 0 Å². The summed E-state index contributed by atoms with van der Waals surface area (Å²) in [7, 11) is 3.26. The van der Waals surface area contributed by atoms with Crippen molar-refractivity contribution < 1.29 is 14.5 Å². The molecule has 1 heterocycles. The molecule has 0 bridgehead atoms. The summed E-state index contributed by atoms with van der Waals surface area (Å²) >= 11 is 6.00. The predicted octanol–water partition coefficient (Wildman–Crippen LogP) is 1.94. The van der Waals surface area contributed by atoms with Crippen LogP contribution in [0.25, 0.3) is 0 Å². The van der Waals surface area contributed by atoms with Crippen LogP contribution in [-0.2, 0) is 4.79 Å². The molecule has 118 valence electrons. The first-order chi connectivity index (χ1) is 10.3.